The van der Waals surface area contributed by atoms with Crippen LogP contribution in [0.15, 0.2) is 39.5 Å². The van der Waals surface area contributed by atoms with Gasteiger partial charge in [0.1, 0.15) is 5.76 Å². The molecule has 1 heterocycles. The molecule has 18 heavy (non-hydrogen) atoms. The number of nitrogens with one attached hydrogen (secondary N) is 1. The molecule has 0 spiro atoms. The number of nitro groups is 1. The lowest BCUT2D eigenvalue weighted by Gasteiger charge is -2.04. The van der Waals surface area contributed by atoms with Crippen LogP contribution in [-0.4, -0.2) is 10.1 Å². The summed E-state index contributed by atoms with van der Waals surface area (Å²) in [6.45, 7) is 0.873. The summed E-state index contributed by atoms with van der Waals surface area (Å²) < 4.78 is 5.60. The minimum atomic E-state index is -0.393. The predicted molar refractivity (Wildman–Crippen MR) is 67.8 cm³/mol. The van der Waals surface area contributed by atoms with E-state index in [1.165, 1.54) is 6.07 Å². The van der Waals surface area contributed by atoms with Crippen LogP contribution in [0.5, 0.6) is 0 Å². The Balaban J connectivity index is 2.02. The van der Waals surface area contributed by atoms with E-state index in [1.54, 1.807) is 24.4 Å². The van der Waals surface area contributed by atoms with E-state index in [-0.39, 0.29) is 5.69 Å². The number of hydrogen-bond acceptors (Lipinski definition) is 5. The molecule has 0 aliphatic heterocycles. The molecule has 0 bridgehead atoms. The Labute approximate surface area is 111 Å². The van der Waals surface area contributed by atoms with Gasteiger partial charge in [-0.25, -0.2) is 0 Å². The Hall–Kier alpha value is -1.73. The average Bonchev–Trinajstić information content (AvgIpc) is 2.84. The van der Waals surface area contributed by atoms with Crippen molar-refractivity contribution in [3.63, 3.8) is 0 Å². The van der Waals surface area contributed by atoms with Crippen molar-refractivity contribution in [2.75, 3.05) is 0 Å². The lowest BCUT2D eigenvalue weighted by molar-refractivity contribution is -0.385. The number of benzene rings is 1. The fraction of sp³-hybridized carbons (Fsp3) is 0.182. The van der Waals surface area contributed by atoms with Gasteiger partial charge in [0.05, 0.1) is 17.7 Å². The van der Waals surface area contributed by atoms with Crippen molar-refractivity contribution in [3.05, 3.63) is 56.4 Å². The van der Waals surface area contributed by atoms with Crippen molar-refractivity contribution in [1.82, 2.24) is 10.5 Å². The van der Waals surface area contributed by atoms with Crippen LogP contribution in [0, 0.1) is 10.1 Å². The van der Waals surface area contributed by atoms with Crippen molar-refractivity contribution in [2.24, 2.45) is 0 Å². The van der Waals surface area contributed by atoms with Crippen molar-refractivity contribution in [2.45, 2.75) is 13.1 Å². The van der Waals surface area contributed by atoms with Crippen molar-refractivity contribution in [3.8, 4) is 0 Å². The van der Waals surface area contributed by atoms with Gasteiger partial charge in [-0.3, -0.25) is 10.1 Å². The highest BCUT2D eigenvalue weighted by molar-refractivity contribution is 9.10. The average molecular weight is 312 g/mol. The van der Waals surface area contributed by atoms with Gasteiger partial charge in [0.2, 0.25) is 0 Å². The lowest BCUT2D eigenvalue weighted by Crippen LogP contribution is -2.13. The first-order chi connectivity index (χ1) is 8.66. The van der Waals surface area contributed by atoms with Gasteiger partial charge < -0.3 is 9.84 Å². The maximum Gasteiger partial charge on any atom is 0.275 e. The van der Waals surface area contributed by atoms with Gasteiger partial charge >= 0.3 is 0 Å². The summed E-state index contributed by atoms with van der Waals surface area (Å²) in [5, 5.41) is 17.5. The third kappa shape index (κ3) is 3.14. The van der Waals surface area contributed by atoms with Gasteiger partial charge in [0.15, 0.2) is 0 Å². The Morgan fingerprint density at radius 1 is 1.39 bits per heavy atom. The number of halogens is 1. The smallest absolute Gasteiger partial charge is 0.275 e. The number of nitro benzene ring substituents is 1. The third-order valence-electron chi connectivity index (χ3n) is 2.35. The molecule has 7 heteroatoms. The Morgan fingerprint density at radius 3 is 2.89 bits per heavy atom. The van der Waals surface area contributed by atoms with Gasteiger partial charge in [0.25, 0.3) is 5.69 Å². The quantitative estimate of drug-likeness (QED) is 0.678. The van der Waals surface area contributed by atoms with E-state index in [9.17, 15) is 10.1 Å². The molecule has 0 saturated carbocycles. The molecular formula is C11H10BrN3O3. The van der Waals surface area contributed by atoms with Gasteiger partial charge in [-0.1, -0.05) is 21.1 Å². The fourth-order valence-electron chi connectivity index (χ4n) is 1.51. The first kappa shape index (κ1) is 12.7. The molecular weight excluding hydrogens is 302 g/mol. The van der Waals surface area contributed by atoms with Crippen LogP contribution in [0.25, 0.3) is 0 Å². The zero-order chi connectivity index (χ0) is 13.0. The SMILES string of the molecule is O=[N+]([O-])c1cc(Br)ccc1CNCc1ccno1. The van der Waals surface area contributed by atoms with E-state index in [1.807, 2.05) is 0 Å². The summed E-state index contributed by atoms with van der Waals surface area (Å²) in [6.07, 6.45) is 1.55. The number of hydrogen-bond donors (Lipinski definition) is 1. The van der Waals surface area contributed by atoms with E-state index in [0.717, 1.165) is 0 Å². The summed E-state index contributed by atoms with van der Waals surface area (Å²) in [5.74, 6) is 0.690. The summed E-state index contributed by atoms with van der Waals surface area (Å²) in [7, 11) is 0. The van der Waals surface area contributed by atoms with Gasteiger partial charge in [-0.2, -0.15) is 0 Å². The number of aromatic nitrogens is 1. The molecule has 0 fully saturated rings. The minimum Gasteiger partial charge on any atom is -0.360 e. The molecule has 1 aromatic heterocycles. The number of nitrogens with zero attached hydrogens (tertiary/aromatic N) is 2. The second-order valence-corrected chi connectivity index (χ2v) is 4.53. The molecule has 2 aromatic rings. The molecule has 0 radical (unpaired) electrons. The van der Waals surface area contributed by atoms with Crippen molar-refractivity contribution >= 4 is 21.6 Å². The normalized spacial score (nSPS) is 10.5. The monoisotopic (exact) mass is 311 g/mol. The topological polar surface area (TPSA) is 81.2 Å². The minimum absolute atomic E-state index is 0.0921. The molecule has 1 N–H and O–H groups in total. The van der Waals surface area contributed by atoms with Crippen LogP contribution < -0.4 is 5.32 Å². The summed E-state index contributed by atoms with van der Waals surface area (Å²) in [4.78, 5) is 10.5. The van der Waals surface area contributed by atoms with E-state index >= 15 is 0 Å². The van der Waals surface area contributed by atoms with Crippen LogP contribution in [0.2, 0.25) is 0 Å². The van der Waals surface area contributed by atoms with E-state index in [0.29, 0.717) is 28.9 Å². The van der Waals surface area contributed by atoms with Gasteiger partial charge in [-0.15, -0.1) is 0 Å². The second kappa shape index (κ2) is 5.74. The maximum atomic E-state index is 10.9. The summed E-state index contributed by atoms with van der Waals surface area (Å²) in [6, 6.07) is 6.72. The molecule has 6 nitrogen and oxygen atoms in total. The molecule has 0 unspecified atom stereocenters. The third-order valence-corrected chi connectivity index (χ3v) is 2.84. The highest BCUT2D eigenvalue weighted by Crippen LogP contribution is 2.23. The standard InChI is InChI=1S/C11H10BrN3O3/c12-9-2-1-8(11(5-9)15(16)17)6-13-7-10-3-4-14-18-10/h1-5,13H,6-7H2. The first-order valence-corrected chi connectivity index (χ1v) is 5.99. The molecule has 0 atom stereocenters. The molecule has 94 valence electrons. The highest BCUT2D eigenvalue weighted by Gasteiger charge is 2.13. The zero-order valence-electron chi connectivity index (χ0n) is 9.30. The molecule has 0 saturated heterocycles. The van der Waals surface area contributed by atoms with E-state index in [2.05, 4.69) is 26.4 Å². The van der Waals surface area contributed by atoms with Crippen LogP contribution in [-0.2, 0) is 13.1 Å². The Kier molecular flexibility index (Phi) is 4.06. The van der Waals surface area contributed by atoms with Gasteiger partial charge in [0, 0.05) is 28.7 Å². The van der Waals surface area contributed by atoms with E-state index < -0.39 is 4.92 Å². The van der Waals surface area contributed by atoms with E-state index in [4.69, 9.17) is 4.52 Å². The Morgan fingerprint density at radius 2 is 2.22 bits per heavy atom. The predicted octanol–water partition coefficient (Wildman–Crippen LogP) is 2.64. The lowest BCUT2D eigenvalue weighted by atomic mass is 10.2. The molecule has 2 rings (SSSR count). The second-order valence-electron chi connectivity index (χ2n) is 3.61. The summed E-state index contributed by atoms with van der Waals surface area (Å²) >= 11 is 3.22. The maximum absolute atomic E-state index is 10.9. The molecule has 1 aromatic carbocycles. The molecule has 0 aliphatic rings. The molecule has 0 amide bonds. The number of rotatable bonds is 5. The largest absolute Gasteiger partial charge is 0.360 e. The van der Waals surface area contributed by atoms with Crippen molar-refractivity contribution < 1.29 is 9.45 Å². The van der Waals surface area contributed by atoms with Crippen LogP contribution in [0.3, 0.4) is 0 Å². The summed E-state index contributed by atoms with van der Waals surface area (Å²) in [5.41, 5.74) is 0.720. The Bertz CT molecular complexity index is 542. The highest BCUT2D eigenvalue weighted by atomic mass is 79.9. The van der Waals surface area contributed by atoms with Crippen LogP contribution in [0.1, 0.15) is 11.3 Å². The van der Waals surface area contributed by atoms with Crippen molar-refractivity contribution in [1.29, 1.82) is 0 Å². The van der Waals surface area contributed by atoms with Gasteiger partial charge in [-0.05, 0) is 12.1 Å². The fourth-order valence-corrected chi connectivity index (χ4v) is 1.86. The van der Waals surface area contributed by atoms with Crippen LogP contribution in [0.4, 0.5) is 5.69 Å². The molecule has 0 aliphatic carbocycles. The first-order valence-electron chi connectivity index (χ1n) is 5.20. The zero-order valence-corrected chi connectivity index (χ0v) is 10.9. The van der Waals surface area contributed by atoms with Crippen LogP contribution >= 0.6 is 15.9 Å².